The quantitative estimate of drug-likeness (QED) is 0.846. The summed E-state index contributed by atoms with van der Waals surface area (Å²) in [4.78, 5) is 0. The molecule has 1 aromatic heterocycles. The number of nitrogens with two attached hydrogens (primary N) is 1. The lowest BCUT2D eigenvalue weighted by molar-refractivity contribution is 0.251. The van der Waals surface area contributed by atoms with E-state index in [1.54, 1.807) is 0 Å². The minimum atomic E-state index is 0.555. The van der Waals surface area contributed by atoms with Crippen LogP contribution >= 0.6 is 15.9 Å². The maximum atomic E-state index is 5.67. The summed E-state index contributed by atoms with van der Waals surface area (Å²) in [6.45, 7) is 0.766. The molecule has 1 heterocycles. The number of hydrogen-bond acceptors (Lipinski definition) is 3. The predicted octanol–water partition coefficient (Wildman–Crippen LogP) is 1.03. The monoisotopic (exact) mass is 244 g/mol. The molecular formula is C8H13BrN4. The molecular weight excluding hydrogens is 232 g/mol. The summed E-state index contributed by atoms with van der Waals surface area (Å²) in [5, 5.41) is 7.94. The van der Waals surface area contributed by atoms with Gasteiger partial charge >= 0.3 is 0 Å². The summed E-state index contributed by atoms with van der Waals surface area (Å²) in [5.74, 6) is 1.17. The summed E-state index contributed by atoms with van der Waals surface area (Å²) < 4.78 is 2.72. The van der Waals surface area contributed by atoms with Crippen molar-refractivity contribution in [2.75, 3.05) is 6.54 Å². The molecule has 0 saturated heterocycles. The molecule has 4 nitrogen and oxygen atoms in total. The normalized spacial score (nSPS) is 27.3. The maximum absolute atomic E-state index is 5.67. The molecule has 0 radical (unpaired) electrons. The molecule has 13 heavy (non-hydrogen) atoms. The van der Waals surface area contributed by atoms with E-state index in [0.29, 0.717) is 11.8 Å². The van der Waals surface area contributed by atoms with Gasteiger partial charge in [0.1, 0.15) is 0 Å². The largest absolute Gasteiger partial charge is 0.330 e. The van der Waals surface area contributed by atoms with Gasteiger partial charge in [0.25, 0.3) is 0 Å². The molecule has 0 bridgehead atoms. The van der Waals surface area contributed by atoms with Crippen LogP contribution in [-0.4, -0.2) is 21.5 Å². The third-order valence-electron chi connectivity index (χ3n) is 2.90. The van der Waals surface area contributed by atoms with Crippen LogP contribution in [0, 0.1) is 5.92 Å². The SMILES string of the molecule is Cn1nnc(Br)c1C1CCC1CN. The van der Waals surface area contributed by atoms with Crippen molar-refractivity contribution < 1.29 is 0 Å². The Kier molecular flexibility index (Phi) is 2.38. The summed E-state index contributed by atoms with van der Waals surface area (Å²) in [6, 6.07) is 0. The van der Waals surface area contributed by atoms with Crippen molar-refractivity contribution in [3.05, 3.63) is 10.3 Å². The van der Waals surface area contributed by atoms with Crippen LogP contribution in [0.15, 0.2) is 4.60 Å². The Morgan fingerprint density at radius 1 is 1.62 bits per heavy atom. The van der Waals surface area contributed by atoms with Gasteiger partial charge in [0.15, 0.2) is 4.60 Å². The van der Waals surface area contributed by atoms with Crippen LogP contribution < -0.4 is 5.73 Å². The molecule has 72 valence electrons. The molecule has 5 heteroatoms. The molecule has 1 aromatic rings. The van der Waals surface area contributed by atoms with Crippen LogP contribution in [0.3, 0.4) is 0 Å². The van der Waals surface area contributed by atoms with Gasteiger partial charge in [-0.1, -0.05) is 5.21 Å². The smallest absolute Gasteiger partial charge is 0.151 e. The zero-order valence-corrected chi connectivity index (χ0v) is 9.16. The highest BCUT2D eigenvalue weighted by Crippen LogP contribution is 2.43. The van der Waals surface area contributed by atoms with Crippen LogP contribution in [0.4, 0.5) is 0 Å². The fourth-order valence-corrected chi connectivity index (χ4v) is 2.56. The minimum Gasteiger partial charge on any atom is -0.330 e. The van der Waals surface area contributed by atoms with Crippen LogP contribution in [0.2, 0.25) is 0 Å². The highest BCUT2D eigenvalue weighted by Gasteiger charge is 2.34. The van der Waals surface area contributed by atoms with E-state index in [0.717, 1.165) is 11.1 Å². The molecule has 2 unspecified atom stereocenters. The van der Waals surface area contributed by atoms with Gasteiger partial charge < -0.3 is 5.73 Å². The van der Waals surface area contributed by atoms with Crippen molar-refractivity contribution in [3.8, 4) is 0 Å². The molecule has 2 N–H and O–H groups in total. The fraction of sp³-hybridized carbons (Fsp3) is 0.750. The Morgan fingerprint density at radius 2 is 2.38 bits per heavy atom. The van der Waals surface area contributed by atoms with Crippen molar-refractivity contribution in [1.29, 1.82) is 0 Å². The first-order valence-corrected chi connectivity index (χ1v) is 5.28. The van der Waals surface area contributed by atoms with E-state index >= 15 is 0 Å². The summed E-state index contributed by atoms with van der Waals surface area (Å²) in [7, 11) is 1.93. The zero-order chi connectivity index (χ0) is 9.42. The molecule has 2 atom stereocenters. The summed E-state index contributed by atoms with van der Waals surface area (Å²) in [5.41, 5.74) is 6.86. The van der Waals surface area contributed by atoms with E-state index in [4.69, 9.17) is 5.73 Å². The number of hydrogen-bond donors (Lipinski definition) is 1. The number of aryl methyl sites for hydroxylation is 1. The van der Waals surface area contributed by atoms with Crippen molar-refractivity contribution in [2.24, 2.45) is 18.7 Å². The van der Waals surface area contributed by atoms with Crippen molar-refractivity contribution >= 4 is 15.9 Å². The van der Waals surface area contributed by atoms with E-state index in [9.17, 15) is 0 Å². The second-order valence-electron chi connectivity index (χ2n) is 3.57. The Balaban J connectivity index is 2.25. The van der Waals surface area contributed by atoms with E-state index < -0.39 is 0 Å². The second-order valence-corrected chi connectivity index (χ2v) is 4.32. The standard InChI is InChI=1S/C8H13BrN4/c1-13-7(8(9)11-12-13)6-3-2-5(6)4-10/h5-6H,2-4,10H2,1H3. The van der Waals surface area contributed by atoms with Gasteiger partial charge in [-0.05, 0) is 41.2 Å². The lowest BCUT2D eigenvalue weighted by Crippen LogP contribution is -2.32. The number of rotatable bonds is 2. The van der Waals surface area contributed by atoms with Crippen molar-refractivity contribution in [3.63, 3.8) is 0 Å². The van der Waals surface area contributed by atoms with Gasteiger partial charge in [-0.2, -0.15) is 0 Å². The highest BCUT2D eigenvalue weighted by molar-refractivity contribution is 9.10. The van der Waals surface area contributed by atoms with E-state index in [1.807, 2.05) is 11.7 Å². The number of halogens is 1. The molecule has 1 saturated carbocycles. The molecule has 2 rings (SSSR count). The lowest BCUT2D eigenvalue weighted by atomic mass is 9.72. The van der Waals surface area contributed by atoms with Crippen molar-refractivity contribution in [2.45, 2.75) is 18.8 Å². The first-order chi connectivity index (χ1) is 6.24. The first kappa shape index (κ1) is 9.15. The van der Waals surface area contributed by atoms with Gasteiger partial charge in [-0.15, -0.1) is 5.10 Å². The third kappa shape index (κ3) is 1.40. The molecule has 0 amide bonds. The van der Waals surface area contributed by atoms with E-state index in [1.165, 1.54) is 18.5 Å². The average Bonchev–Trinajstić information content (AvgIpc) is 2.35. The van der Waals surface area contributed by atoms with Gasteiger partial charge in [0.2, 0.25) is 0 Å². The zero-order valence-electron chi connectivity index (χ0n) is 7.57. The fourth-order valence-electron chi connectivity index (χ4n) is 1.94. The second kappa shape index (κ2) is 3.38. The Hall–Kier alpha value is -0.420. The van der Waals surface area contributed by atoms with E-state index in [2.05, 4.69) is 26.2 Å². The van der Waals surface area contributed by atoms with E-state index in [-0.39, 0.29) is 0 Å². The average molecular weight is 245 g/mol. The molecule has 0 aromatic carbocycles. The first-order valence-electron chi connectivity index (χ1n) is 4.49. The molecule has 0 aliphatic heterocycles. The Bertz CT molecular complexity index is 288. The van der Waals surface area contributed by atoms with Crippen molar-refractivity contribution in [1.82, 2.24) is 15.0 Å². The molecule has 1 fully saturated rings. The Morgan fingerprint density at radius 3 is 2.77 bits per heavy atom. The van der Waals surface area contributed by atoms with Gasteiger partial charge in [0.05, 0.1) is 5.69 Å². The topological polar surface area (TPSA) is 56.7 Å². The number of nitrogens with zero attached hydrogens (tertiary/aromatic N) is 3. The van der Waals surface area contributed by atoms with Gasteiger partial charge in [-0.25, -0.2) is 0 Å². The summed E-state index contributed by atoms with van der Waals surface area (Å²) >= 11 is 3.41. The molecule has 0 spiro atoms. The van der Waals surface area contributed by atoms with Crippen LogP contribution in [0.1, 0.15) is 24.5 Å². The molecule has 1 aliphatic rings. The minimum absolute atomic E-state index is 0.555. The lowest BCUT2D eigenvalue weighted by Gasteiger charge is -2.35. The Labute approximate surface area is 85.6 Å². The van der Waals surface area contributed by atoms with Crippen LogP contribution in [0.5, 0.6) is 0 Å². The number of aromatic nitrogens is 3. The predicted molar refractivity (Wildman–Crippen MR) is 53.2 cm³/mol. The maximum Gasteiger partial charge on any atom is 0.151 e. The van der Waals surface area contributed by atoms with Crippen LogP contribution in [0.25, 0.3) is 0 Å². The van der Waals surface area contributed by atoms with Gasteiger partial charge in [-0.3, -0.25) is 4.68 Å². The third-order valence-corrected chi connectivity index (χ3v) is 3.46. The summed E-state index contributed by atoms with van der Waals surface area (Å²) in [6.07, 6.45) is 2.44. The van der Waals surface area contributed by atoms with Crippen LogP contribution in [-0.2, 0) is 7.05 Å². The highest BCUT2D eigenvalue weighted by atomic mass is 79.9. The molecule has 1 aliphatic carbocycles. The van der Waals surface area contributed by atoms with Gasteiger partial charge in [0, 0.05) is 13.0 Å².